The summed E-state index contributed by atoms with van der Waals surface area (Å²) in [6.07, 6.45) is 1.15. The van der Waals surface area contributed by atoms with Crippen molar-refractivity contribution in [3.63, 3.8) is 0 Å². The summed E-state index contributed by atoms with van der Waals surface area (Å²) in [5.74, 6) is 0.500. The van der Waals surface area contributed by atoms with Gasteiger partial charge in [-0.1, -0.05) is 6.07 Å². The Morgan fingerprint density at radius 2 is 2.00 bits per heavy atom. The first-order chi connectivity index (χ1) is 10.5. The van der Waals surface area contributed by atoms with Crippen LogP contribution in [0, 0.1) is 13.8 Å². The summed E-state index contributed by atoms with van der Waals surface area (Å²) >= 11 is 0. The number of pyridine rings is 1. The number of hydrogen-bond donors (Lipinski definition) is 3. The van der Waals surface area contributed by atoms with Gasteiger partial charge < -0.3 is 15.7 Å². The van der Waals surface area contributed by atoms with Gasteiger partial charge in [0.25, 0.3) is 5.91 Å². The first kappa shape index (κ1) is 16.0. The predicted molar refractivity (Wildman–Crippen MR) is 88.3 cm³/mol. The maximum absolute atomic E-state index is 12.2. The second-order valence-electron chi connectivity index (χ2n) is 5.42. The predicted octanol–water partition coefficient (Wildman–Crippen LogP) is 2.74. The van der Waals surface area contributed by atoms with Crippen molar-refractivity contribution in [2.45, 2.75) is 26.9 Å². The third-order valence-electron chi connectivity index (χ3n) is 3.37. The number of benzene rings is 1. The number of hydrogen-bond acceptors (Lipinski definition) is 4. The van der Waals surface area contributed by atoms with Gasteiger partial charge in [0.2, 0.25) is 0 Å². The number of nitrogens with one attached hydrogen (secondary N) is 2. The minimum Gasteiger partial charge on any atom is -0.392 e. The van der Waals surface area contributed by atoms with Crippen LogP contribution < -0.4 is 10.6 Å². The van der Waals surface area contributed by atoms with Crippen LogP contribution in [0.3, 0.4) is 0 Å². The number of carbonyl (C=O) groups excluding carboxylic acids is 1. The van der Waals surface area contributed by atoms with E-state index in [2.05, 4.69) is 15.6 Å². The SMILES string of the molecule is Cc1ccc(C(=O)Nc2ccc(NCC(C)O)nc2)cc1C. The highest BCUT2D eigenvalue weighted by Gasteiger charge is 2.07. The lowest BCUT2D eigenvalue weighted by Crippen LogP contribution is -2.16. The second-order valence-corrected chi connectivity index (χ2v) is 5.42. The first-order valence-corrected chi connectivity index (χ1v) is 7.22. The van der Waals surface area contributed by atoms with Crippen LogP contribution in [0.5, 0.6) is 0 Å². The molecule has 1 unspecified atom stereocenters. The van der Waals surface area contributed by atoms with E-state index in [1.165, 1.54) is 0 Å². The molecule has 1 atom stereocenters. The van der Waals surface area contributed by atoms with Crippen LogP contribution in [0.25, 0.3) is 0 Å². The number of aromatic nitrogens is 1. The van der Waals surface area contributed by atoms with E-state index < -0.39 is 6.10 Å². The second kappa shape index (κ2) is 7.04. The lowest BCUT2D eigenvalue weighted by Gasteiger charge is -2.09. The summed E-state index contributed by atoms with van der Waals surface area (Å²) in [6, 6.07) is 9.15. The van der Waals surface area contributed by atoms with E-state index in [4.69, 9.17) is 0 Å². The fraction of sp³-hybridized carbons (Fsp3) is 0.294. The van der Waals surface area contributed by atoms with Gasteiger partial charge in [0.05, 0.1) is 18.0 Å². The molecule has 0 bridgehead atoms. The molecule has 0 aliphatic carbocycles. The molecule has 0 aliphatic heterocycles. The Hall–Kier alpha value is -2.40. The van der Waals surface area contributed by atoms with Crippen molar-refractivity contribution in [1.29, 1.82) is 0 Å². The number of aliphatic hydroxyl groups excluding tert-OH is 1. The largest absolute Gasteiger partial charge is 0.392 e. The molecule has 1 aromatic carbocycles. The van der Waals surface area contributed by atoms with Gasteiger partial charge in [-0.3, -0.25) is 4.79 Å². The van der Waals surface area contributed by atoms with Crippen molar-refractivity contribution in [3.8, 4) is 0 Å². The van der Waals surface area contributed by atoms with Crippen LogP contribution in [-0.4, -0.2) is 28.6 Å². The Kier molecular flexibility index (Phi) is 5.12. The van der Waals surface area contributed by atoms with Gasteiger partial charge in [-0.05, 0) is 56.2 Å². The van der Waals surface area contributed by atoms with Crippen LogP contribution in [0.2, 0.25) is 0 Å². The molecule has 116 valence electrons. The number of aryl methyl sites for hydroxylation is 2. The molecule has 0 spiro atoms. The summed E-state index contributed by atoms with van der Waals surface area (Å²) in [7, 11) is 0. The van der Waals surface area contributed by atoms with Gasteiger partial charge in [-0.25, -0.2) is 4.98 Å². The van der Waals surface area contributed by atoms with Gasteiger partial charge >= 0.3 is 0 Å². The first-order valence-electron chi connectivity index (χ1n) is 7.22. The Morgan fingerprint density at radius 1 is 1.23 bits per heavy atom. The quantitative estimate of drug-likeness (QED) is 0.793. The molecule has 1 aromatic heterocycles. The molecule has 5 nitrogen and oxygen atoms in total. The lowest BCUT2D eigenvalue weighted by molar-refractivity contribution is 0.102. The molecule has 0 radical (unpaired) electrons. The zero-order chi connectivity index (χ0) is 16.1. The van der Waals surface area contributed by atoms with Crippen molar-refractivity contribution in [2.24, 2.45) is 0 Å². The molecule has 0 aliphatic rings. The highest BCUT2D eigenvalue weighted by molar-refractivity contribution is 6.04. The van der Waals surface area contributed by atoms with Gasteiger partial charge in [0.1, 0.15) is 5.82 Å². The maximum atomic E-state index is 12.2. The molecule has 2 rings (SSSR count). The lowest BCUT2D eigenvalue weighted by atomic mass is 10.1. The zero-order valence-corrected chi connectivity index (χ0v) is 13.1. The molecule has 0 saturated carbocycles. The molecule has 1 heterocycles. The van der Waals surface area contributed by atoms with Gasteiger partial charge in [-0.15, -0.1) is 0 Å². The smallest absolute Gasteiger partial charge is 0.255 e. The molecule has 3 N–H and O–H groups in total. The van der Waals surface area contributed by atoms with Crippen molar-refractivity contribution < 1.29 is 9.90 Å². The molecular formula is C17H21N3O2. The standard InChI is InChI=1S/C17H21N3O2/c1-11-4-5-14(8-12(11)2)17(22)20-15-6-7-16(19-10-15)18-9-13(3)21/h4-8,10,13,21H,9H2,1-3H3,(H,18,19)(H,20,22). The highest BCUT2D eigenvalue weighted by Crippen LogP contribution is 2.14. The summed E-state index contributed by atoms with van der Waals surface area (Å²) < 4.78 is 0. The van der Waals surface area contributed by atoms with Crippen LogP contribution in [0.1, 0.15) is 28.4 Å². The molecule has 5 heteroatoms. The van der Waals surface area contributed by atoms with E-state index in [1.807, 2.05) is 32.0 Å². The Labute approximate surface area is 130 Å². The van der Waals surface area contributed by atoms with E-state index in [0.29, 0.717) is 23.6 Å². The highest BCUT2D eigenvalue weighted by atomic mass is 16.3. The third kappa shape index (κ3) is 4.30. The van der Waals surface area contributed by atoms with E-state index in [1.54, 1.807) is 25.3 Å². The Morgan fingerprint density at radius 3 is 2.59 bits per heavy atom. The monoisotopic (exact) mass is 299 g/mol. The normalized spacial score (nSPS) is 11.8. The van der Waals surface area contributed by atoms with E-state index in [-0.39, 0.29) is 5.91 Å². The average Bonchev–Trinajstić information content (AvgIpc) is 2.49. The number of anilines is 2. The van der Waals surface area contributed by atoms with Crippen LogP contribution in [-0.2, 0) is 0 Å². The molecule has 1 amide bonds. The summed E-state index contributed by atoms with van der Waals surface area (Å²) in [6.45, 7) is 6.13. The fourth-order valence-electron chi connectivity index (χ4n) is 1.91. The van der Waals surface area contributed by atoms with E-state index >= 15 is 0 Å². The van der Waals surface area contributed by atoms with E-state index in [0.717, 1.165) is 11.1 Å². The summed E-state index contributed by atoms with van der Waals surface area (Å²) in [5.41, 5.74) is 3.50. The van der Waals surface area contributed by atoms with Gasteiger partial charge in [0.15, 0.2) is 0 Å². The Balaban J connectivity index is 2.00. The molecule has 0 fully saturated rings. The van der Waals surface area contributed by atoms with Gasteiger partial charge in [0, 0.05) is 12.1 Å². The maximum Gasteiger partial charge on any atom is 0.255 e. The van der Waals surface area contributed by atoms with Crippen LogP contribution >= 0.6 is 0 Å². The molecular weight excluding hydrogens is 278 g/mol. The third-order valence-corrected chi connectivity index (χ3v) is 3.37. The van der Waals surface area contributed by atoms with Crippen molar-refractivity contribution in [1.82, 2.24) is 4.98 Å². The van der Waals surface area contributed by atoms with E-state index in [9.17, 15) is 9.90 Å². The van der Waals surface area contributed by atoms with Crippen molar-refractivity contribution >= 4 is 17.4 Å². The van der Waals surface area contributed by atoms with Crippen molar-refractivity contribution in [3.05, 3.63) is 53.2 Å². The van der Waals surface area contributed by atoms with Gasteiger partial charge in [-0.2, -0.15) is 0 Å². The molecule has 22 heavy (non-hydrogen) atoms. The topological polar surface area (TPSA) is 74.2 Å². The summed E-state index contributed by atoms with van der Waals surface area (Å²) in [4.78, 5) is 16.4. The minimum atomic E-state index is -0.439. The fourth-order valence-corrected chi connectivity index (χ4v) is 1.91. The number of carbonyl (C=O) groups is 1. The number of amides is 1. The summed E-state index contributed by atoms with van der Waals surface area (Å²) in [5, 5.41) is 15.0. The van der Waals surface area contributed by atoms with Crippen LogP contribution in [0.15, 0.2) is 36.5 Å². The zero-order valence-electron chi connectivity index (χ0n) is 13.1. The molecule has 2 aromatic rings. The average molecular weight is 299 g/mol. The minimum absolute atomic E-state index is 0.158. The molecule has 0 saturated heterocycles. The van der Waals surface area contributed by atoms with Crippen LogP contribution in [0.4, 0.5) is 11.5 Å². The number of nitrogens with zero attached hydrogens (tertiary/aromatic N) is 1. The van der Waals surface area contributed by atoms with Crippen molar-refractivity contribution in [2.75, 3.05) is 17.2 Å². The number of aliphatic hydroxyl groups is 1. The Bertz CT molecular complexity index is 651. The number of rotatable bonds is 5.